The molecule has 21 heavy (non-hydrogen) atoms. The van der Waals surface area contributed by atoms with Gasteiger partial charge in [0.1, 0.15) is 0 Å². The Bertz CT molecular complexity index is 705. The summed E-state index contributed by atoms with van der Waals surface area (Å²) in [5.41, 5.74) is 1.15. The predicted octanol–water partition coefficient (Wildman–Crippen LogP) is 2.30. The highest BCUT2D eigenvalue weighted by atomic mass is 16.5. The van der Waals surface area contributed by atoms with Crippen LogP contribution in [-0.2, 0) is 6.42 Å². The molecular weight excluding hydrogens is 270 g/mol. The fourth-order valence-electron chi connectivity index (χ4n) is 1.86. The van der Waals surface area contributed by atoms with Crippen LogP contribution in [0.15, 0.2) is 57.8 Å². The van der Waals surface area contributed by atoms with Crippen molar-refractivity contribution in [1.29, 1.82) is 0 Å². The molecule has 106 valence electrons. The molecule has 1 N–H and O–H groups in total. The van der Waals surface area contributed by atoms with E-state index in [4.69, 9.17) is 8.94 Å². The van der Waals surface area contributed by atoms with Gasteiger partial charge in [0.05, 0.1) is 6.26 Å². The van der Waals surface area contributed by atoms with Crippen LogP contribution in [0.1, 0.15) is 16.2 Å². The number of carbonyl (C=O) groups excluding carboxylic acids is 1. The van der Waals surface area contributed by atoms with Gasteiger partial charge >= 0.3 is 0 Å². The Hall–Kier alpha value is -2.89. The Morgan fingerprint density at radius 1 is 1.19 bits per heavy atom. The average molecular weight is 283 g/mol. The first-order chi connectivity index (χ1) is 10.3. The normalized spacial score (nSPS) is 10.5. The molecule has 0 aliphatic carbocycles. The van der Waals surface area contributed by atoms with Gasteiger partial charge in [-0.3, -0.25) is 9.78 Å². The third-order valence-electron chi connectivity index (χ3n) is 2.90. The number of amides is 1. The van der Waals surface area contributed by atoms with Crippen LogP contribution >= 0.6 is 0 Å². The number of hydrogen-bond donors (Lipinski definition) is 1. The minimum Gasteiger partial charge on any atom is -0.461 e. The van der Waals surface area contributed by atoms with Gasteiger partial charge in [-0.1, -0.05) is 11.2 Å². The van der Waals surface area contributed by atoms with Gasteiger partial charge in [0.15, 0.2) is 11.5 Å². The number of hydrogen-bond acceptors (Lipinski definition) is 5. The fourth-order valence-corrected chi connectivity index (χ4v) is 1.86. The van der Waals surface area contributed by atoms with Crippen LogP contribution in [-0.4, -0.2) is 22.6 Å². The molecule has 6 nitrogen and oxygen atoms in total. The maximum atomic E-state index is 11.9. The van der Waals surface area contributed by atoms with Crippen molar-refractivity contribution in [2.24, 2.45) is 0 Å². The Labute approximate surface area is 120 Å². The van der Waals surface area contributed by atoms with E-state index in [1.165, 1.54) is 6.26 Å². The van der Waals surface area contributed by atoms with Gasteiger partial charge in [-0.15, -0.1) is 0 Å². The molecular formula is C15H13N3O3. The van der Waals surface area contributed by atoms with Crippen molar-refractivity contribution in [3.8, 4) is 11.5 Å². The molecule has 0 bridgehead atoms. The molecule has 0 fully saturated rings. The number of aromatic nitrogens is 2. The molecule has 3 aromatic rings. The lowest BCUT2D eigenvalue weighted by Gasteiger charge is -2.01. The van der Waals surface area contributed by atoms with Crippen LogP contribution in [0.5, 0.6) is 0 Å². The lowest BCUT2D eigenvalue weighted by Crippen LogP contribution is -2.26. The van der Waals surface area contributed by atoms with Gasteiger partial charge in [-0.2, -0.15) is 0 Å². The topological polar surface area (TPSA) is 81.2 Å². The van der Waals surface area contributed by atoms with Crippen molar-refractivity contribution in [3.05, 3.63) is 60.2 Å². The summed E-state index contributed by atoms with van der Waals surface area (Å²) in [5.74, 6) is 0.678. The van der Waals surface area contributed by atoms with Crippen molar-refractivity contribution in [2.45, 2.75) is 6.42 Å². The number of nitrogens with one attached hydrogen (secondary N) is 1. The fraction of sp³-hybridized carbons (Fsp3) is 0.133. The molecule has 0 aliphatic rings. The molecule has 0 spiro atoms. The Kier molecular flexibility index (Phi) is 3.77. The van der Waals surface area contributed by atoms with Gasteiger partial charge in [-0.25, -0.2) is 0 Å². The van der Waals surface area contributed by atoms with E-state index >= 15 is 0 Å². The van der Waals surface area contributed by atoms with E-state index in [1.54, 1.807) is 24.4 Å². The summed E-state index contributed by atoms with van der Waals surface area (Å²) in [6.07, 6.45) is 3.92. The standard InChI is InChI=1S/C15H13N3O3/c19-15(17-8-6-11-4-1-2-7-16-11)12-10-14(21-18-12)13-5-3-9-20-13/h1-5,7,9-10H,6,8H2,(H,17,19). The molecule has 0 unspecified atom stereocenters. The van der Waals surface area contributed by atoms with Crippen molar-refractivity contribution < 1.29 is 13.7 Å². The zero-order chi connectivity index (χ0) is 14.5. The van der Waals surface area contributed by atoms with Crippen molar-refractivity contribution in [3.63, 3.8) is 0 Å². The van der Waals surface area contributed by atoms with Gasteiger partial charge in [0, 0.05) is 30.9 Å². The molecule has 3 heterocycles. The van der Waals surface area contributed by atoms with E-state index in [0.29, 0.717) is 24.5 Å². The van der Waals surface area contributed by atoms with Crippen molar-refractivity contribution in [1.82, 2.24) is 15.5 Å². The summed E-state index contributed by atoms with van der Waals surface area (Å²) in [7, 11) is 0. The highest BCUT2D eigenvalue weighted by molar-refractivity contribution is 5.92. The number of pyridine rings is 1. The van der Waals surface area contributed by atoms with E-state index in [0.717, 1.165) is 5.69 Å². The maximum absolute atomic E-state index is 11.9. The first kappa shape index (κ1) is 13.1. The first-order valence-electron chi connectivity index (χ1n) is 6.51. The quantitative estimate of drug-likeness (QED) is 0.777. The summed E-state index contributed by atoms with van der Waals surface area (Å²) >= 11 is 0. The zero-order valence-corrected chi connectivity index (χ0v) is 11.2. The van der Waals surface area contributed by atoms with Gasteiger partial charge in [0.25, 0.3) is 5.91 Å². The second kappa shape index (κ2) is 6.04. The second-order valence-corrected chi connectivity index (χ2v) is 4.38. The summed E-state index contributed by atoms with van der Waals surface area (Å²) in [6, 6.07) is 10.7. The summed E-state index contributed by atoms with van der Waals surface area (Å²) < 4.78 is 10.3. The number of nitrogens with zero attached hydrogens (tertiary/aromatic N) is 2. The molecule has 0 atom stereocenters. The van der Waals surface area contributed by atoms with Crippen molar-refractivity contribution >= 4 is 5.91 Å². The smallest absolute Gasteiger partial charge is 0.273 e. The third kappa shape index (κ3) is 3.17. The van der Waals surface area contributed by atoms with Crippen molar-refractivity contribution in [2.75, 3.05) is 6.54 Å². The predicted molar refractivity (Wildman–Crippen MR) is 74.5 cm³/mol. The molecule has 0 aromatic carbocycles. The van der Waals surface area contributed by atoms with E-state index < -0.39 is 0 Å². The third-order valence-corrected chi connectivity index (χ3v) is 2.90. The monoisotopic (exact) mass is 283 g/mol. The van der Waals surface area contributed by atoms with Crippen LogP contribution in [0.3, 0.4) is 0 Å². The van der Waals surface area contributed by atoms with Gasteiger partial charge in [0.2, 0.25) is 5.76 Å². The van der Waals surface area contributed by atoms with Crippen LogP contribution in [0.2, 0.25) is 0 Å². The lowest BCUT2D eigenvalue weighted by molar-refractivity contribution is 0.0945. The minimum absolute atomic E-state index is 0.224. The number of furan rings is 1. The van der Waals surface area contributed by atoms with Gasteiger partial charge < -0.3 is 14.3 Å². The van der Waals surface area contributed by atoms with E-state index in [-0.39, 0.29) is 11.6 Å². The molecule has 3 aromatic heterocycles. The molecule has 0 saturated heterocycles. The summed E-state index contributed by atoms with van der Waals surface area (Å²) in [5, 5.41) is 6.51. The molecule has 1 amide bonds. The molecule has 0 saturated carbocycles. The lowest BCUT2D eigenvalue weighted by atomic mass is 10.2. The zero-order valence-electron chi connectivity index (χ0n) is 11.2. The van der Waals surface area contributed by atoms with Crippen LogP contribution < -0.4 is 5.32 Å². The van der Waals surface area contributed by atoms with Gasteiger partial charge in [-0.05, 0) is 24.3 Å². The largest absolute Gasteiger partial charge is 0.461 e. The van der Waals surface area contributed by atoms with Crippen LogP contribution in [0.25, 0.3) is 11.5 Å². The molecule has 0 radical (unpaired) electrons. The van der Waals surface area contributed by atoms with Crippen LogP contribution in [0, 0.1) is 0 Å². The molecule has 3 rings (SSSR count). The summed E-state index contributed by atoms with van der Waals surface area (Å²) in [6.45, 7) is 0.485. The first-order valence-corrected chi connectivity index (χ1v) is 6.51. The SMILES string of the molecule is O=C(NCCc1ccccn1)c1cc(-c2ccco2)on1. The second-order valence-electron chi connectivity index (χ2n) is 4.38. The minimum atomic E-state index is -0.285. The molecule has 0 aliphatic heterocycles. The van der Waals surface area contributed by atoms with E-state index in [1.807, 2.05) is 18.2 Å². The van der Waals surface area contributed by atoms with E-state index in [9.17, 15) is 4.79 Å². The number of carbonyl (C=O) groups is 1. The van der Waals surface area contributed by atoms with Crippen LogP contribution in [0.4, 0.5) is 0 Å². The summed E-state index contributed by atoms with van der Waals surface area (Å²) in [4.78, 5) is 16.1. The average Bonchev–Trinajstić information content (AvgIpc) is 3.19. The highest BCUT2D eigenvalue weighted by Crippen LogP contribution is 2.20. The number of rotatable bonds is 5. The Morgan fingerprint density at radius 3 is 2.90 bits per heavy atom. The highest BCUT2D eigenvalue weighted by Gasteiger charge is 2.14. The Balaban J connectivity index is 1.56. The van der Waals surface area contributed by atoms with E-state index in [2.05, 4.69) is 15.5 Å². The molecule has 6 heteroatoms. The Morgan fingerprint density at radius 2 is 2.14 bits per heavy atom. The maximum Gasteiger partial charge on any atom is 0.273 e.